The summed E-state index contributed by atoms with van der Waals surface area (Å²) in [5.41, 5.74) is 1.24. The zero-order valence-corrected chi connectivity index (χ0v) is 18.4. The van der Waals surface area contributed by atoms with Gasteiger partial charge in [-0.05, 0) is 36.5 Å². The number of benzene rings is 1. The van der Waals surface area contributed by atoms with E-state index in [1.165, 1.54) is 57.1 Å². The van der Waals surface area contributed by atoms with Crippen molar-refractivity contribution >= 4 is 30.0 Å². The lowest BCUT2D eigenvalue weighted by Crippen LogP contribution is -2.80. The summed E-state index contributed by atoms with van der Waals surface area (Å²) in [7, 11) is 1.68. The van der Waals surface area contributed by atoms with Crippen molar-refractivity contribution in [3.05, 3.63) is 23.2 Å². The Labute approximate surface area is 179 Å². The van der Waals surface area contributed by atoms with Gasteiger partial charge in [0, 0.05) is 25.0 Å². The summed E-state index contributed by atoms with van der Waals surface area (Å²) in [5.74, 6) is 0.732. The summed E-state index contributed by atoms with van der Waals surface area (Å²) in [6, 6.07) is 6.35. The molecule has 1 aromatic carbocycles. The number of methoxy groups -OCH3 is 1. The molecule has 1 unspecified atom stereocenters. The minimum atomic E-state index is 0.652. The molecule has 29 heavy (non-hydrogen) atoms. The number of quaternary nitrogens is 2. The van der Waals surface area contributed by atoms with E-state index in [1.807, 2.05) is 6.07 Å². The second-order valence-corrected chi connectivity index (χ2v) is 8.87. The first-order valence-corrected chi connectivity index (χ1v) is 11.5. The molecule has 158 valence electrons. The van der Waals surface area contributed by atoms with E-state index in [1.54, 1.807) is 13.4 Å². The van der Waals surface area contributed by atoms with Crippen molar-refractivity contribution < 1.29 is 9.44 Å². The van der Waals surface area contributed by atoms with Gasteiger partial charge in [-0.3, -0.25) is 0 Å². The molecule has 1 aromatic rings. The van der Waals surface area contributed by atoms with Crippen LogP contribution in [-0.2, 0) is 0 Å². The highest BCUT2D eigenvalue weighted by atomic mass is 35.5. The SMILES string of the molecule is COc1ccc([N+]2([N+]3(N4CCCCCC4)C=NC=NC3)CCCCCC2)cc1Cl. The number of hydrogen-bond acceptors (Lipinski definition) is 4. The Morgan fingerprint density at radius 2 is 1.66 bits per heavy atom. The molecule has 0 aromatic heterocycles. The minimum absolute atomic E-state index is 0.652. The predicted molar refractivity (Wildman–Crippen MR) is 120 cm³/mol. The lowest BCUT2D eigenvalue weighted by Gasteiger charge is -2.52. The van der Waals surface area contributed by atoms with Gasteiger partial charge in [0.15, 0.2) is 5.69 Å². The van der Waals surface area contributed by atoms with E-state index in [-0.39, 0.29) is 0 Å². The van der Waals surface area contributed by atoms with Crippen LogP contribution < -0.4 is 9.33 Å². The van der Waals surface area contributed by atoms with Gasteiger partial charge < -0.3 is 4.74 Å². The lowest BCUT2D eigenvalue weighted by atomic mass is 10.2. The third-order valence-electron chi connectivity index (χ3n) is 6.85. The standard InChI is InChI=1S/C22H34ClN5O/c1-29-22-11-10-20(16-21(22)23)27(14-8-4-5-9-15-27)28(18-24-17-25-19-28)26-12-6-2-3-7-13-26/h10-11,16-18H,2-9,12-15,19H2,1H3/q+2. The Hall–Kier alpha value is -1.47. The molecule has 0 amide bonds. The van der Waals surface area contributed by atoms with Crippen molar-refractivity contribution in [2.75, 3.05) is 40.0 Å². The molecule has 4 rings (SSSR count). The van der Waals surface area contributed by atoms with Crippen LogP contribution in [0.3, 0.4) is 0 Å². The van der Waals surface area contributed by atoms with Crippen LogP contribution >= 0.6 is 11.6 Å². The first-order chi connectivity index (χ1) is 14.2. The third kappa shape index (κ3) is 3.83. The van der Waals surface area contributed by atoms with Crippen LogP contribution in [0, 0.1) is 0 Å². The van der Waals surface area contributed by atoms with Crippen molar-refractivity contribution in [2.24, 2.45) is 9.98 Å². The Kier molecular flexibility index (Phi) is 6.54. The molecular weight excluding hydrogens is 386 g/mol. The number of halogens is 1. The summed E-state index contributed by atoms with van der Waals surface area (Å²) in [4.78, 5) is 9.31. The molecule has 0 radical (unpaired) electrons. The maximum atomic E-state index is 6.63. The molecule has 0 saturated carbocycles. The zero-order valence-electron chi connectivity index (χ0n) is 17.6. The topological polar surface area (TPSA) is 37.2 Å². The smallest absolute Gasteiger partial charge is 0.262 e. The first kappa shape index (κ1) is 20.8. The molecule has 1 atom stereocenters. The van der Waals surface area contributed by atoms with Crippen molar-refractivity contribution in [3.8, 4) is 5.75 Å². The summed E-state index contributed by atoms with van der Waals surface area (Å²) >= 11 is 6.63. The Morgan fingerprint density at radius 1 is 0.966 bits per heavy atom. The highest BCUT2D eigenvalue weighted by Crippen LogP contribution is 2.40. The van der Waals surface area contributed by atoms with Crippen LogP contribution in [-0.4, -0.2) is 62.3 Å². The van der Waals surface area contributed by atoms with E-state index in [0.29, 0.717) is 16.4 Å². The zero-order chi connectivity index (χ0) is 20.2. The highest BCUT2D eigenvalue weighted by molar-refractivity contribution is 6.32. The van der Waals surface area contributed by atoms with Gasteiger partial charge in [-0.25, -0.2) is 4.99 Å². The molecular formula is C22H34ClN5O+2. The Bertz CT molecular complexity index is 752. The predicted octanol–water partition coefficient (Wildman–Crippen LogP) is 4.78. The second kappa shape index (κ2) is 9.13. The second-order valence-electron chi connectivity index (χ2n) is 8.46. The largest absolute Gasteiger partial charge is 0.495 e. The molecule has 6 nitrogen and oxygen atoms in total. The van der Waals surface area contributed by atoms with Crippen LogP contribution in [0.2, 0.25) is 5.02 Å². The van der Waals surface area contributed by atoms with Crippen molar-refractivity contribution in [3.63, 3.8) is 0 Å². The fourth-order valence-electron chi connectivity index (χ4n) is 5.33. The van der Waals surface area contributed by atoms with Crippen LogP contribution in [0.15, 0.2) is 28.2 Å². The van der Waals surface area contributed by atoms with Gasteiger partial charge in [-0.1, -0.05) is 29.5 Å². The number of ether oxygens (including phenoxy) is 1. The van der Waals surface area contributed by atoms with Crippen LogP contribution in [0.4, 0.5) is 5.69 Å². The van der Waals surface area contributed by atoms with Gasteiger partial charge >= 0.3 is 0 Å². The maximum absolute atomic E-state index is 6.63. The van der Waals surface area contributed by atoms with E-state index in [0.717, 1.165) is 36.5 Å². The maximum Gasteiger partial charge on any atom is 0.262 e. The molecule has 3 aliphatic heterocycles. The van der Waals surface area contributed by atoms with E-state index >= 15 is 0 Å². The molecule has 0 aliphatic carbocycles. The molecule has 0 N–H and O–H groups in total. The average molecular weight is 420 g/mol. The molecule has 3 heterocycles. The van der Waals surface area contributed by atoms with E-state index in [9.17, 15) is 0 Å². The number of nitrogens with zero attached hydrogens (tertiary/aromatic N) is 5. The van der Waals surface area contributed by atoms with Gasteiger partial charge in [0.25, 0.3) is 6.34 Å². The summed E-state index contributed by atoms with van der Waals surface area (Å²) in [6.45, 7) is 5.02. The lowest BCUT2D eigenvalue weighted by molar-refractivity contribution is -1.04. The monoisotopic (exact) mass is 419 g/mol. The normalized spacial score (nSPS) is 27.9. The Balaban J connectivity index is 1.86. The summed E-state index contributed by atoms with van der Waals surface area (Å²) in [5, 5.41) is 3.31. The number of rotatable bonds is 4. The Morgan fingerprint density at radius 3 is 2.24 bits per heavy atom. The molecule has 2 fully saturated rings. The molecule has 0 spiro atoms. The van der Waals surface area contributed by atoms with Gasteiger partial charge in [0.1, 0.15) is 25.2 Å². The van der Waals surface area contributed by atoms with Gasteiger partial charge in [-0.2, -0.15) is 4.99 Å². The number of hydrogen-bond donors (Lipinski definition) is 0. The van der Waals surface area contributed by atoms with Gasteiger partial charge in [0.2, 0.25) is 6.67 Å². The summed E-state index contributed by atoms with van der Waals surface area (Å²) < 4.78 is 6.91. The van der Waals surface area contributed by atoms with Gasteiger partial charge in [-0.15, -0.1) is 4.59 Å². The van der Waals surface area contributed by atoms with Crippen LogP contribution in [0.5, 0.6) is 5.75 Å². The van der Waals surface area contributed by atoms with Crippen LogP contribution in [0.1, 0.15) is 51.4 Å². The van der Waals surface area contributed by atoms with E-state index in [4.69, 9.17) is 21.3 Å². The minimum Gasteiger partial charge on any atom is -0.495 e. The first-order valence-electron chi connectivity index (χ1n) is 11.1. The van der Waals surface area contributed by atoms with E-state index < -0.39 is 0 Å². The van der Waals surface area contributed by atoms with Crippen LogP contribution in [0.25, 0.3) is 0 Å². The van der Waals surface area contributed by atoms with Gasteiger partial charge in [0.05, 0.1) is 25.2 Å². The number of aliphatic imine (C=N–C) groups is 2. The molecule has 2 saturated heterocycles. The fourth-order valence-corrected chi connectivity index (χ4v) is 5.58. The third-order valence-corrected chi connectivity index (χ3v) is 7.14. The van der Waals surface area contributed by atoms with Crippen molar-refractivity contribution in [2.45, 2.75) is 51.4 Å². The van der Waals surface area contributed by atoms with E-state index in [2.05, 4.69) is 28.5 Å². The summed E-state index contributed by atoms with van der Waals surface area (Å²) in [6.07, 6.45) is 13.9. The van der Waals surface area contributed by atoms with Crippen molar-refractivity contribution in [1.82, 2.24) is 9.60 Å². The van der Waals surface area contributed by atoms with Crippen molar-refractivity contribution in [1.29, 1.82) is 0 Å². The molecule has 3 aliphatic rings. The average Bonchev–Trinajstić information content (AvgIpc) is 3.19. The fraction of sp³-hybridized carbons (Fsp3) is 0.636. The quantitative estimate of drug-likeness (QED) is 0.658. The molecule has 7 heteroatoms. The highest BCUT2D eigenvalue weighted by Gasteiger charge is 2.57. The molecule has 0 bridgehead atoms.